The molecule has 0 amide bonds. The highest BCUT2D eigenvalue weighted by Crippen LogP contribution is 2.33. The van der Waals surface area contributed by atoms with Gasteiger partial charge < -0.3 is 5.73 Å². The summed E-state index contributed by atoms with van der Waals surface area (Å²) in [4.78, 5) is 0. The highest BCUT2D eigenvalue weighted by atomic mass is 35.5. The lowest BCUT2D eigenvalue weighted by molar-refractivity contribution is 0.193. The van der Waals surface area contributed by atoms with Gasteiger partial charge in [-0.15, -0.1) is 11.3 Å². The average Bonchev–Trinajstić information content (AvgIpc) is 2.76. The van der Waals surface area contributed by atoms with Crippen molar-refractivity contribution in [2.75, 3.05) is 13.1 Å². The van der Waals surface area contributed by atoms with Gasteiger partial charge in [-0.2, -0.15) is 4.31 Å². The molecule has 0 unspecified atom stereocenters. The Kier molecular flexibility index (Phi) is 4.33. The van der Waals surface area contributed by atoms with Crippen LogP contribution < -0.4 is 5.73 Å². The van der Waals surface area contributed by atoms with Crippen molar-refractivity contribution in [2.45, 2.75) is 30.0 Å². The summed E-state index contributed by atoms with van der Waals surface area (Å²) in [5.41, 5.74) is 5.74. The molecule has 2 heterocycles. The molecular formula is C11H17ClN2O2S2. The largest absolute Gasteiger partial charge is 0.329 e. The van der Waals surface area contributed by atoms with Gasteiger partial charge in [0.2, 0.25) is 0 Å². The second-order valence-corrected chi connectivity index (χ2v) is 8.43. The molecule has 0 aliphatic carbocycles. The van der Waals surface area contributed by atoms with E-state index in [1.54, 1.807) is 16.4 Å². The average molecular weight is 309 g/mol. The van der Waals surface area contributed by atoms with Crippen LogP contribution in [0.2, 0.25) is 4.34 Å². The third kappa shape index (κ3) is 2.58. The van der Waals surface area contributed by atoms with Crippen LogP contribution in [0.15, 0.2) is 16.3 Å². The van der Waals surface area contributed by atoms with Crippen molar-refractivity contribution in [3.05, 3.63) is 16.5 Å². The summed E-state index contributed by atoms with van der Waals surface area (Å²) >= 11 is 6.91. The van der Waals surface area contributed by atoms with Gasteiger partial charge in [-0.05, 0) is 30.9 Å². The molecule has 18 heavy (non-hydrogen) atoms. The maximum absolute atomic E-state index is 12.5. The van der Waals surface area contributed by atoms with Gasteiger partial charge in [0.1, 0.15) is 4.21 Å². The predicted molar refractivity (Wildman–Crippen MR) is 74.5 cm³/mol. The van der Waals surface area contributed by atoms with E-state index in [0.717, 1.165) is 24.2 Å². The zero-order valence-corrected chi connectivity index (χ0v) is 12.6. The third-order valence-corrected chi connectivity index (χ3v) is 7.04. The molecule has 1 aromatic rings. The van der Waals surface area contributed by atoms with Crippen LogP contribution in [0.1, 0.15) is 19.8 Å². The Morgan fingerprint density at radius 2 is 2.28 bits per heavy atom. The molecule has 0 saturated carbocycles. The summed E-state index contributed by atoms with van der Waals surface area (Å²) in [5.74, 6) is 0.300. The van der Waals surface area contributed by atoms with Crippen LogP contribution in [0.25, 0.3) is 0 Å². The number of nitrogens with zero attached hydrogens (tertiary/aromatic N) is 1. The summed E-state index contributed by atoms with van der Waals surface area (Å²) in [6.07, 6.45) is 1.91. The van der Waals surface area contributed by atoms with Crippen molar-refractivity contribution in [2.24, 2.45) is 11.7 Å². The molecule has 7 heteroatoms. The van der Waals surface area contributed by atoms with Gasteiger partial charge >= 0.3 is 0 Å². The van der Waals surface area contributed by atoms with Crippen LogP contribution >= 0.6 is 22.9 Å². The Labute approximate surface area is 117 Å². The van der Waals surface area contributed by atoms with E-state index in [0.29, 0.717) is 27.6 Å². The molecule has 1 aliphatic rings. The van der Waals surface area contributed by atoms with Gasteiger partial charge in [-0.1, -0.05) is 18.5 Å². The van der Waals surface area contributed by atoms with Gasteiger partial charge in [-0.3, -0.25) is 0 Å². The number of thiophene rings is 1. The first-order chi connectivity index (χ1) is 8.46. The molecule has 0 radical (unpaired) electrons. The smallest absolute Gasteiger partial charge is 0.252 e. The summed E-state index contributed by atoms with van der Waals surface area (Å²) in [6.45, 7) is 2.96. The van der Waals surface area contributed by atoms with Gasteiger partial charge in [0.15, 0.2) is 0 Å². The topological polar surface area (TPSA) is 63.4 Å². The second kappa shape index (κ2) is 5.46. The number of hydrogen-bond acceptors (Lipinski definition) is 4. The lowest BCUT2D eigenvalue weighted by Gasteiger charge is -2.37. The lowest BCUT2D eigenvalue weighted by atomic mass is 9.93. The second-order valence-electron chi connectivity index (χ2n) is 4.60. The van der Waals surface area contributed by atoms with Crippen molar-refractivity contribution >= 4 is 33.0 Å². The first-order valence-corrected chi connectivity index (χ1v) is 8.57. The van der Waals surface area contributed by atoms with Crippen LogP contribution in [0.3, 0.4) is 0 Å². The lowest BCUT2D eigenvalue weighted by Crippen LogP contribution is -2.51. The van der Waals surface area contributed by atoms with Crippen LogP contribution in [0, 0.1) is 5.92 Å². The normalized spacial score (nSPS) is 26.4. The van der Waals surface area contributed by atoms with E-state index in [1.165, 1.54) is 0 Å². The van der Waals surface area contributed by atoms with E-state index in [-0.39, 0.29) is 6.04 Å². The third-order valence-electron chi connectivity index (χ3n) is 3.42. The number of rotatable bonds is 3. The molecule has 1 aromatic heterocycles. The van der Waals surface area contributed by atoms with E-state index < -0.39 is 10.0 Å². The minimum absolute atomic E-state index is 0.107. The summed E-state index contributed by atoms with van der Waals surface area (Å²) in [5, 5.41) is 0. The molecule has 4 nitrogen and oxygen atoms in total. The number of halogens is 1. The number of nitrogens with two attached hydrogens (primary N) is 1. The summed E-state index contributed by atoms with van der Waals surface area (Å²) < 4.78 is 27.4. The molecule has 1 saturated heterocycles. The Bertz CT molecular complexity index is 515. The van der Waals surface area contributed by atoms with Crippen LogP contribution in [-0.2, 0) is 10.0 Å². The number of sulfonamides is 1. The standard InChI is InChI=1S/C11H17ClN2O2S2/c1-8-3-2-6-14(9(8)7-13)18(15,16)11-5-4-10(12)17-11/h4-5,8-9H,2-3,6-7,13H2,1H3/t8-,9+/m0/s1. The minimum atomic E-state index is -3.45. The fourth-order valence-corrected chi connectivity index (χ4v) is 5.79. The quantitative estimate of drug-likeness (QED) is 0.930. The molecule has 2 N–H and O–H groups in total. The Balaban J connectivity index is 2.34. The highest BCUT2D eigenvalue weighted by molar-refractivity contribution is 7.91. The van der Waals surface area contributed by atoms with Gasteiger partial charge in [-0.25, -0.2) is 8.42 Å². The number of hydrogen-bond donors (Lipinski definition) is 1. The van der Waals surface area contributed by atoms with E-state index >= 15 is 0 Å². The van der Waals surface area contributed by atoms with Crippen LogP contribution in [0.4, 0.5) is 0 Å². The molecule has 2 atom stereocenters. The van der Waals surface area contributed by atoms with Crippen LogP contribution in [-0.4, -0.2) is 31.9 Å². The highest BCUT2D eigenvalue weighted by Gasteiger charge is 2.37. The van der Waals surface area contributed by atoms with E-state index in [4.69, 9.17) is 17.3 Å². The summed E-state index contributed by atoms with van der Waals surface area (Å²) in [6, 6.07) is 3.07. The van der Waals surface area contributed by atoms with Gasteiger partial charge in [0.05, 0.1) is 4.34 Å². The monoisotopic (exact) mass is 308 g/mol. The minimum Gasteiger partial charge on any atom is -0.329 e. The maximum Gasteiger partial charge on any atom is 0.252 e. The van der Waals surface area contributed by atoms with Crippen molar-refractivity contribution in [3.63, 3.8) is 0 Å². The van der Waals surface area contributed by atoms with Crippen molar-refractivity contribution < 1.29 is 8.42 Å². The zero-order valence-electron chi connectivity index (χ0n) is 10.2. The Hall–Kier alpha value is -0.140. The summed E-state index contributed by atoms with van der Waals surface area (Å²) in [7, 11) is -3.45. The van der Waals surface area contributed by atoms with Crippen molar-refractivity contribution in [3.8, 4) is 0 Å². The molecule has 1 fully saturated rings. The molecule has 0 aromatic carbocycles. The van der Waals surface area contributed by atoms with E-state index in [9.17, 15) is 8.42 Å². The Morgan fingerprint density at radius 3 is 2.83 bits per heavy atom. The Morgan fingerprint density at radius 1 is 1.56 bits per heavy atom. The molecule has 2 rings (SSSR count). The van der Waals surface area contributed by atoms with Crippen LogP contribution in [0.5, 0.6) is 0 Å². The molecular weight excluding hydrogens is 292 g/mol. The first-order valence-electron chi connectivity index (χ1n) is 5.94. The number of piperidine rings is 1. The first kappa shape index (κ1) is 14.3. The SMILES string of the molecule is C[C@H]1CCCN(S(=O)(=O)c2ccc(Cl)s2)[C@@H]1CN. The van der Waals surface area contributed by atoms with Crippen molar-refractivity contribution in [1.29, 1.82) is 0 Å². The zero-order chi connectivity index (χ0) is 13.3. The molecule has 0 bridgehead atoms. The van der Waals surface area contributed by atoms with Gasteiger partial charge in [0, 0.05) is 19.1 Å². The van der Waals surface area contributed by atoms with Crippen molar-refractivity contribution in [1.82, 2.24) is 4.31 Å². The van der Waals surface area contributed by atoms with E-state index in [1.807, 2.05) is 0 Å². The fraction of sp³-hybridized carbons (Fsp3) is 0.636. The molecule has 0 spiro atoms. The van der Waals surface area contributed by atoms with Gasteiger partial charge in [0.25, 0.3) is 10.0 Å². The maximum atomic E-state index is 12.5. The predicted octanol–water partition coefficient (Wildman–Crippen LogP) is 2.15. The fourth-order valence-electron chi connectivity index (χ4n) is 2.41. The molecule has 102 valence electrons. The van der Waals surface area contributed by atoms with E-state index in [2.05, 4.69) is 6.92 Å². The molecule has 1 aliphatic heterocycles.